The van der Waals surface area contributed by atoms with E-state index >= 15 is 0 Å². The summed E-state index contributed by atoms with van der Waals surface area (Å²) in [7, 11) is 0. The van der Waals surface area contributed by atoms with Crippen LogP contribution in [0.15, 0.2) is 37.1 Å². The number of imidazole rings is 1. The molecule has 2 aromatic heterocycles. The first kappa shape index (κ1) is 15.6. The van der Waals surface area contributed by atoms with Crippen LogP contribution in [0.4, 0.5) is 0 Å². The molecule has 1 amide bonds. The molecule has 2 aromatic rings. The highest BCUT2D eigenvalue weighted by molar-refractivity contribution is 5.94. The summed E-state index contributed by atoms with van der Waals surface area (Å²) in [5, 5.41) is 9.38. The molecule has 122 valence electrons. The van der Waals surface area contributed by atoms with Crippen LogP contribution in [0.2, 0.25) is 0 Å². The number of nitrogens with zero attached hydrogens (tertiary/aromatic N) is 4. The van der Waals surface area contributed by atoms with Gasteiger partial charge in [0.2, 0.25) is 0 Å². The molecule has 1 aliphatic heterocycles. The molecule has 0 aromatic carbocycles. The highest BCUT2D eigenvalue weighted by atomic mass is 16.5. The minimum atomic E-state index is -0.485. The first-order valence-corrected chi connectivity index (χ1v) is 7.51. The van der Waals surface area contributed by atoms with Gasteiger partial charge >= 0.3 is 0 Å². The topological polar surface area (TPSA) is 80.5 Å². The summed E-state index contributed by atoms with van der Waals surface area (Å²) in [6, 6.07) is 3.43. The summed E-state index contributed by atoms with van der Waals surface area (Å²) in [4.78, 5) is 22.8. The maximum Gasteiger partial charge on any atom is 0.254 e. The zero-order valence-electron chi connectivity index (χ0n) is 13.2. The summed E-state index contributed by atoms with van der Waals surface area (Å²) in [6.07, 6.45) is 6.31. The lowest BCUT2D eigenvalue weighted by atomic mass is 10.0. The maximum atomic E-state index is 12.8. The van der Waals surface area contributed by atoms with Crippen LogP contribution in [-0.2, 0) is 4.74 Å². The van der Waals surface area contributed by atoms with Crippen molar-refractivity contribution >= 4 is 5.91 Å². The van der Waals surface area contributed by atoms with Crippen LogP contribution in [0, 0.1) is 0 Å². The number of amides is 1. The van der Waals surface area contributed by atoms with Crippen LogP contribution in [0.1, 0.15) is 24.2 Å². The van der Waals surface area contributed by atoms with Crippen LogP contribution in [-0.4, -0.2) is 61.9 Å². The minimum Gasteiger partial charge on any atom is -0.394 e. The number of pyridine rings is 1. The van der Waals surface area contributed by atoms with Crippen LogP contribution in [0.5, 0.6) is 0 Å². The number of carbonyl (C=O) groups excluding carboxylic acids is 1. The summed E-state index contributed by atoms with van der Waals surface area (Å²) < 4.78 is 7.50. The summed E-state index contributed by atoms with van der Waals surface area (Å²) >= 11 is 0. The molecule has 7 heteroatoms. The number of aromatic nitrogens is 3. The Morgan fingerprint density at radius 3 is 3.00 bits per heavy atom. The summed E-state index contributed by atoms with van der Waals surface area (Å²) in [5.41, 5.74) is 0.0692. The molecule has 0 aliphatic carbocycles. The SMILES string of the molecule is CC1(C)CN(C(=O)c2ccnc(-n3ccnc3)c2)CC(CO)O1. The Morgan fingerprint density at radius 1 is 1.48 bits per heavy atom. The van der Waals surface area contributed by atoms with E-state index in [0.29, 0.717) is 24.5 Å². The predicted octanol–water partition coefficient (Wildman–Crippen LogP) is 0.879. The number of rotatable bonds is 3. The Morgan fingerprint density at radius 2 is 2.30 bits per heavy atom. The smallest absolute Gasteiger partial charge is 0.254 e. The highest BCUT2D eigenvalue weighted by Gasteiger charge is 2.35. The standard InChI is InChI=1S/C16H20N4O3/c1-16(2)10-20(8-13(9-21)23-16)15(22)12-3-4-18-14(7-12)19-6-5-17-11-19/h3-7,11,13,21H,8-10H2,1-2H3. The Hall–Kier alpha value is -2.25. The van der Waals surface area contributed by atoms with Crippen molar-refractivity contribution in [3.63, 3.8) is 0 Å². The van der Waals surface area contributed by atoms with Crippen molar-refractivity contribution in [3.8, 4) is 5.82 Å². The van der Waals surface area contributed by atoms with Gasteiger partial charge in [-0.2, -0.15) is 0 Å². The fourth-order valence-corrected chi connectivity index (χ4v) is 2.82. The Bertz CT molecular complexity index is 684. The number of hydrogen-bond donors (Lipinski definition) is 1. The highest BCUT2D eigenvalue weighted by Crippen LogP contribution is 2.22. The number of morpholine rings is 1. The Balaban J connectivity index is 1.84. The van der Waals surface area contributed by atoms with E-state index in [9.17, 15) is 9.90 Å². The fourth-order valence-electron chi connectivity index (χ4n) is 2.82. The van der Waals surface area contributed by atoms with E-state index in [0.717, 1.165) is 0 Å². The molecule has 1 atom stereocenters. The summed E-state index contributed by atoms with van der Waals surface area (Å²) in [6.45, 7) is 4.58. The predicted molar refractivity (Wildman–Crippen MR) is 83.3 cm³/mol. The van der Waals surface area contributed by atoms with E-state index in [1.165, 1.54) is 0 Å². The van der Waals surface area contributed by atoms with Gasteiger partial charge in [-0.1, -0.05) is 0 Å². The number of aliphatic hydroxyl groups excluding tert-OH is 1. The first-order valence-electron chi connectivity index (χ1n) is 7.51. The van der Waals surface area contributed by atoms with Crippen molar-refractivity contribution in [2.45, 2.75) is 25.6 Å². The van der Waals surface area contributed by atoms with Gasteiger partial charge in [0.25, 0.3) is 5.91 Å². The monoisotopic (exact) mass is 316 g/mol. The molecule has 1 N–H and O–H groups in total. The van der Waals surface area contributed by atoms with E-state index in [1.54, 1.807) is 46.5 Å². The number of hydrogen-bond acceptors (Lipinski definition) is 5. The van der Waals surface area contributed by atoms with E-state index in [2.05, 4.69) is 9.97 Å². The minimum absolute atomic E-state index is 0.0939. The molecule has 23 heavy (non-hydrogen) atoms. The molecular formula is C16H20N4O3. The molecule has 0 bridgehead atoms. The van der Waals surface area contributed by atoms with Crippen LogP contribution < -0.4 is 0 Å². The van der Waals surface area contributed by atoms with Crippen molar-refractivity contribution in [1.29, 1.82) is 0 Å². The average molecular weight is 316 g/mol. The lowest BCUT2D eigenvalue weighted by molar-refractivity contribution is -0.139. The van der Waals surface area contributed by atoms with E-state index in [1.807, 2.05) is 13.8 Å². The van der Waals surface area contributed by atoms with Crippen LogP contribution in [0.25, 0.3) is 5.82 Å². The molecule has 1 unspecified atom stereocenters. The largest absolute Gasteiger partial charge is 0.394 e. The Kier molecular flexibility index (Phi) is 4.14. The van der Waals surface area contributed by atoms with Crippen molar-refractivity contribution < 1.29 is 14.6 Å². The van der Waals surface area contributed by atoms with Gasteiger partial charge in [0.15, 0.2) is 0 Å². The van der Waals surface area contributed by atoms with E-state index < -0.39 is 5.60 Å². The molecule has 1 saturated heterocycles. The number of aliphatic hydroxyl groups is 1. The molecule has 7 nitrogen and oxygen atoms in total. The fraction of sp³-hybridized carbons (Fsp3) is 0.438. The lowest BCUT2D eigenvalue weighted by Crippen LogP contribution is -2.55. The second kappa shape index (κ2) is 6.10. The van der Waals surface area contributed by atoms with E-state index in [-0.39, 0.29) is 18.6 Å². The number of carbonyl (C=O) groups is 1. The van der Waals surface area contributed by atoms with Gasteiger partial charge in [0.1, 0.15) is 12.1 Å². The van der Waals surface area contributed by atoms with Crippen molar-refractivity contribution in [2.24, 2.45) is 0 Å². The van der Waals surface area contributed by atoms with Gasteiger partial charge in [-0.25, -0.2) is 9.97 Å². The quantitative estimate of drug-likeness (QED) is 0.909. The second-order valence-corrected chi connectivity index (χ2v) is 6.24. The van der Waals surface area contributed by atoms with Gasteiger partial charge in [-0.15, -0.1) is 0 Å². The molecule has 0 saturated carbocycles. The zero-order chi connectivity index (χ0) is 16.4. The van der Waals surface area contributed by atoms with E-state index in [4.69, 9.17) is 4.74 Å². The molecule has 0 spiro atoms. The Labute approximate surface area is 134 Å². The molecule has 3 heterocycles. The third-order valence-electron chi connectivity index (χ3n) is 3.73. The zero-order valence-corrected chi connectivity index (χ0v) is 13.2. The van der Waals surface area contributed by atoms with Crippen molar-refractivity contribution in [2.75, 3.05) is 19.7 Å². The van der Waals surface area contributed by atoms with Crippen LogP contribution >= 0.6 is 0 Å². The molecule has 3 rings (SSSR count). The van der Waals surface area contributed by atoms with Crippen molar-refractivity contribution in [1.82, 2.24) is 19.4 Å². The van der Waals surface area contributed by atoms with Gasteiger partial charge in [0.05, 0.1) is 18.3 Å². The molecule has 1 fully saturated rings. The number of ether oxygens (including phenoxy) is 1. The maximum absolute atomic E-state index is 12.8. The second-order valence-electron chi connectivity index (χ2n) is 6.24. The molecule has 0 radical (unpaired) electrons. The molecule has 1 aliphatic rings. The van der Waals surface area contributed by atoms with Gasteiger partial charge < -0.3 is 14.7 Å². The first-order chi connectivity index (χ1) is 11.0. The van der Waals surface area contributed by atoms with Crippen molar-refractivity contribution in [3.05, 3.63) is 42.6 Å². The van der Waals surface area contributed by atoms with Gasteiger partial charge in [0, 0.05) is 37.2 Å². The third kappa shape index (κ3) is 3.40. The van der Waals surface area contributed by atoms with Crippen LogP contribution in [0.3, 0.4) is 0 Å². The lowest BCUT2D eigenvalue weighted by Gasteiger charge is -2.42. The average Bonchev–Trinajstić information content (AvgIpc) is 3.07. The molecular weight excluding hydrogens is 296 g/mol. The third-order valence-corrected chi connectivity index (χ3v) is 3.73. The summed E-state index contributed by atoms with van der Waals surface area (Å²) in [5.74, 6) is 0.545. The van der Waals surface area contributed by atoms with Gasteiger partial charge in [-0.3, -0.25) is 9.36 Å². The normalized spacial score (nSPS) is 20.5. The van der Waals surface area contributed by atoms with Gasteiger partial charge in [-0.05, 0) is 26.0 Å².